The molecule has 0 saturated carbocycles. The molecule has 19 heavy (non-hydrogen) atoms. The van der Waals surface area contributed by atoms with Gasteiger partial charge in [-0.05, 0) is 18.6 Å². The Hall–Kier alpha value is -2.43. The van der Waals surface area contributed by atoms with Gasteiger partial charge in [-0.3, -0.25) is 14.4 Å². The molecular weight excluding hydrogens is 246 g/mol. The Morgan fingerprint density at radius 3 is 2.63 bits per heavy atom. The number of β-lactam (4-membered cyclic amide) rings is 1. The zero-order valence-corrected chi connectivity index (χ0v) is 10.4. The van der Waals surface area contributed by atoms with Crippen molar-refractivity contribution in [2.24, 2.45) is 5.92 Å². The minimum atomic E-state index is -0.794. The van der Waals surface area contributed by atoms with Crippen molar-refractivity contribution in [1.82, 2.24) is 4.90 Å². The number of rotatable bonds is 4. The van der Waals surface area contributed by atoms with Crippen LogP contribution in [-0.4, -0.2) is 29.4 Å². The fraction of sp³-hybridized carbons (Fsp3) is 0.214. The summed E-state index contributed by atoms with van der Waals surface area (Å²) in [6.45, 7) is 1.86. The van der Waals surface area contributed by atoms with Crippen molar-refractivity contribution in [2.75, 3.05) is 0 Å². The molecule has 1 aliphatic heterocycles. The summed E-state index contributed by atoms with van der Waals surface area (Å²) in [4.78, 5) is 34.7. The molecule has 0 bridgehead atoms. The van der Waals surface area contributed by atoms with Gasteiger partial charge in [-0.1, -0.05) is 30.3 Å². The predicted octanol–water partition coefficient (Wildman–Crippen LogP) is 1.20. The first-order chi connectivity index (χ1) is 9.15. The van der Waals surface area contributed by atoms with Gasteiger partial charge >= 0.3 is 0 Å². The molecule has 0 aromatic heterocycles. The number of carbonyl (C=O) groups is 3. The van der Waals surface area contributed by atoms with E-state index in [4.69, 9.17) is 4.74 Å². The molecule has 2 amide bonds. The lowest BCUT2D eigenvalue weighted by atomic mass is 9.98. The van der Waals surface area contributed by atoms with Gasteiger partial charge in [0.15, 0.2) is 6.23 Å². The van der Waals surface area contributed by atoms with E-state index >= 15 is 0 Å². The summed E-state index contributed by atoms with van der Waals surface area (Å²) in [6.07, 6.45) is 2.11. The van der Waals surface area contributed by atoms with Crippen molar-refractivity contribution in [3.8, 4) is 0 Å². The number of ether oxygens (including phenoxy) is 1. The van der Waals surface area contributed by atoms with Crippen LogP contribution in [0.5, 0.6) is 0 Å². The molecule has 0 radical (unpaired) electrons. The molecule has 1 saturated heterocycles. The number of nitrogens with zero attached hydrogens (tertiary/aromatic N) is 1. The van der Waals surface area contributed by atoms with Crippen LogP contribution in [0.25, 0.3) is 6.08 Å². The van der Waals surface area contributed by atoms with E-state index in [1.807, 2.05) is 30.3 Å². The maximum atomic E-state index is 11.9. The summed E-state index contributed by atoms with van der Waals surface area (Å²) < 4.78 is 4.72. The third kappa shape index (κ3) is 2.54. The van der Waals surface area contributed by atoms with Gasteiger partial charge < -0.3 is 4.74 Å². The lowest BCUT2D eigenvalue weighted by molar-refractivity contribution is -0.191. The molecule has 2 atom stereocenters. The first-order valence-corrected chi connectivity index (χ1v) is 5.84. The summed E-state index contributed by atoms with van der Waals surface area (Å²) in [5.74, 6) is -1.30. The van der Waals surface area contributed by atoms with Gasteiger partial charge in [0, 0.05) is 6.08 Å². The second kappa shape index (κ2) is 5.48. The van der Waals surface area contributed by atoms with Gasteiger partial charge in [0.05, 0.1) is 5.92 Å². The Morgan fingerprint density at radius 1 is 1.32 bits per heavy atom. The molecule has 0 spiro atoms. The molecule has 2 rings (SSSR count). The van der Waals surface area contributed by atoms with Crippen LogP contribution in [0, 0.1) is 5.92 Å². The number of benzene rings is 1. The van der Waals surface area contributed by atoms with Gasteiger partial charge in [-0.15, -0.1) is 0 Å². The maximum Gasteiger partial charge on any atom is 0.295 e. The van der Waals surface area contributed by atoms with E-state index in [9.17, 15) is 14.4 Å². The van der Waals surface area contributed by atoms with Crippen molar-refractivity contribution in [1.29, 1.82) is 0 Å². The maximum absolute atomic E-state index is 11.9. The minimum absolute atomic E-state index is 0.245. The molecule has 0 N–H and O–H groups in total. The Kier molecular flexibility index (Phi) is 3.75. The van der Waals surface area contributed by atoms with Crippen LogP contribution in [0.15, 0.2) is 36.4 Å². The molecule has 1 aromatic carbocycles. The quantitative estimate of drug-likeness (QED) is 0.463. The Morgan fingerprint density at radius 2 is 2.00 bits per heavy atom. The van der Waals surface area contributed by atoms with E-state index in [2.05, 4.69) is 0 Å². The highest BCUT2D eigenvalue weighted by atomic mass is 16.5. The number of likely N-dealkylation sites (tertiary alicyclic amines) is 1. The highest BCUT2D eigenvalue weighted by molar-refractivity contribution is 6.07. The molecule has 5 nitrogen and oxygen atoms in total. The van der Waals surface area contributed by atoms with Gasteiger partial charge in [0.25, 0.3) is 12.4 Å². The van der Waals surface area contributed by atoms with Crippen LogP contribution in [0.1, 0.15) is 12.5 Å². The van der Waals surface area contributed by atoms with Crippen LogP contribution in [-0.2, 0) is 19.1 Å². The third-order valence-corrected chi connectivity index (χ3v) is 2.96. The zero-order chi connectivity index (χ0) is 13.8. The number of hydrogen-bond acceptors (Lipinski definition) is 4. The predicted molar refractivity (Wildman–Crippen MR) is 67.4 cm³/mol. The number of amides is 2. The first kappa shape index (κ1) is 13.0. The van der Waals surface area contributed by atoms with E-state index in [-0.39, 0.29) is 12.4 Å². The third-order valence-electron chi connectivity index (χ3n) is 2.96. The normalized spacial score (nSPS) is 22.2. The standard InChI is InChI=1S/C14H13NO4/c1-10-13(18)15(14(10)19-9-16)12(17)8-7-11-5-3-2-4-6-11/h2-10,14H,1H3/b8-7+/t10-,14-/m0/s1. The molecule has 1 aliphatic rings. The highest BCUT2D eigenvalue weighted by Gasteiger charge is 2.49. The fourth-order valence-electron chi connectivity index (χ4n) is 1.89. The molecule has 1 heterocycles. The smallest absolute Gasteiger partial charge is 0.295 e. The summed E-state index contributed by atoms with van der Waals surface area (Å²) in [5.41, 5.74) is 0.852. The van der Waals surface area contributed by atoms with Crippen LogP contribution in [0.2, 0.25) is 0 Å². The van der Waals surface area contributed by atoms with Gasteiger partial charge in [-0.25, -0.2) is 4.90 Å². The van der Waals surface area contributed by atoms with Crippen LogP contribution < -0.4 is 0 Å². The molecule has 1 aromatic rings. The number of hydrogen-bond donors (Lipinski definition) is 0. The van der Waals surface area contributed by atoms with E-state index in [0.717, 1.165) is 10.5 Å². The van der Waals surface area contributed by atoms with Crippen molar-refractivity contribution < 1.29 is 19.1 Å². The SMILES string of the molecule is C[C@H]1C(=O)N(C(=O)/C=C/c2ccccc2)[C@H]1OC=O. The van der Waals surface area contributed by atoms with Crippen LogP contribution >= 0.6 is 0 Å². The van der Waals surface area contributed by atoms with Crippen molar-refractivity contribution in [3.05, 3.63) is 42.0 Å². The van der Waals surface area contributed by atoms with E-state index in [1.54, 1.807) is 13.0 Å². The lowest BCUT2D eigenvalue weighted by Crippen LogP contribution is -2.62. The van der Waals surface area contributed by atoms with Crippen LogP contribution in [0.4, 0.5) is 0 Å². The molecular formula is C14H13NO4. The summed E-state index contributed by atoms with van der Waals surface area (Å²) in [6, 6.07) is 9.24. The molecule has 1 fully saturated rings. The van der Waals surface area contributed by atoms with Gasteiger partial charge in [-0.2, -0.15) is 0 Å². The minimum Gasteiger partial charge on any atom is -0.442 e. The topological polar surface area (TPSA) is 63.7 Å². The van der Waals surface area contributed by atoms with Crippen LogP contribution in [0.3, 0.4) is 0 Å². The second-order valence-corrected chi connectivity index (χ2v) is 4.20. The van der Waals surface area contributed by atoms with Crippen molar-refractivity contribution in [2.45, 2.75) is 13.2 Å². The molecule has 98 valence electrons. The lowest BCUT2D eigenvalue weighted by Gasteiger charge is -2.41. The zero-order valence-electron chi connectivity index (χ0n) is 10.4. The fourth-order valence-corrected chi connectivity index (χ4v) is 1.89. The van der Waals surface area contributed by atoms with Gasteiger partial charge in [0.2, 0.25) is 5.91 Å². The van der Waals surface area contributed by atoms with Gasteiger partial charge in [0.1, 0.15) is 0 Å². The average molecular weight is 259 g/mol. The Bertz CT molecular complexity index is 524. The molecule has 5 heteroatoms. The molecule has 0 aliphatic carbocycles. The first-order valence-electron chi connectivity index (χ1n) is 5.84. The summed E-state index contributed by atoms with van der Waals surface area (Å²) in [5, 5.41) is 0. The van der Waals surface area contributed by atoms with E-state index in [0.29, 0.717) is 0 Å². The van der Waals surface area contributed by atoms with E-state index < -0.39 is 18.1 Å². The number of carbonyl (C=O) groups excluding carboxylic acids is 3. The Labute approximate surface area is 110 Å². The van der Waals surface area contributed by atoms with E-state index in [1.165, 1.54) is 6.08 Å². The number of imide groups is 1. The van der Waals surface area contributed by atoms with Crippen molar-refractivity contribution >= 4 is 24.4 Å². The summed E-state index contributed by atoms with van der Waals surface area (Å²) in [7, 11) is 0. The summed E-state index contributed by atoms with van der Waals surface area (Å²) >= 11 is 0. The Balaban J connectivity index is 2.06. The molecule has 0 unspecified atom stereocenters. The monoisotopic (exact) mass is 259 g/mol. The average Bonchev–Trinajstić information content (AvgIpc) is 2.45. The largest absolute Gasteiger partial charge is 0.442 e. The highest BCUT2D eigenvalue weighted by Crippen LogP contribution is 2.27. The second-order valence-electron chi connectivity index (χ2n) is 4.20. The van der Waals surface area contributed by atoms with Crippen molar-refractivity contribution in [3.63, 3.8) is 0 Å².